The van der Waals surface area contributed by atoms with Crippen LogP contribution in [-0.4, -0.2) is 13.6 Å². The molecule has 0 saturated heterocycles. The van der Waals surface area contributed by atoms with Gasteiger partial charge < -0.3 is 10.2 Å². The summed E-state index contributed by atoms with van der Waals surface area (Å²) in [5.74, 6) is 0. The monoisotopic (exact) mass is 274 g/mol. The first-order chi connectivity index (χ1) is 9.22. The lowest BCUT2D eigenvalue weighted by atomic mass is 10.2. The fourth-order valence-electron chi connectivity index (χ4n) is 2.11. The van der Waals surface area contributed by atoms with Crippen LogP contribution in [0.2, 0.25) is 0 Å². The van der Waals surface area contributed by atoms with E-state index in [2.05, 4.69) is 60.5 Å². The van der Waals surface area contributed by atoms with Gasteiger partial charge in [0, 0.05) is 28.5 Å². The van der Waals surface area contributed by atoms with Gasteiger partial charge >= 0.3 is 0 Å². The van der Waals surface area contributed by atoms with Gasteiger partial charge in [-0.15, -0.1) is 11.3 Å². The van der Waals surface area contributed by atoms with Crippen molar-refractivity contribution in [2.45, 2.75) is 26.9 Å². The number of nitrogens with zero attached hydrogens (tertiary/aromatic N) is 1. The molecule has 19 heavy (non-hydrogen) atoms. The first-order valence-electron chi connectivity index (χ1n) is 6.76. The van der Waals surface area contributed by atoms with Gasteiger partial charge in [0.1, 0.15) is 0 Å². The lowest BCUT2D eigenvalue weighted by molar-refractivity contribution is 0.831. The van der Waals surface area contributed by atoms with Gasteiger partial charge in [-0.2, -0.15) is 0 Å². The molecular weight excluding hydrogens is 252 g/mol. The van der Waals surface area contributed by atoms with Gasteiger partial charge in [-0.05, 0) is 45.2 Å². The molecular formula is C16H22N2S. The average molecular weight is 274 g/mol. The predicted molar refractivity (Wildman–Crippen MR) is 85.0 cm³/mol. The summed E-state index contributed by atoms with van der Waals surface area (Å²) in [6.07, 6.45) is 0. The molecule has 0 aliphatic rings. The van der Waals surface area contributed by atoms with E-state index in [0.29, 0.717) is 0 Å². The van der Waals surface area contributed by atoms with Crippen LogP contribution in [0.3, 0.4) is 0 Å². The molecule has 0 radical (unpaired) electrons. The van der Waals surface area contributed by atoms with Crippen LogP contribution in [0.1, 0.15) is 22.2 Å². The minimum Gasteiger partial charge on any atom is -0.367 e. The van der Waals surface area contributed by atoms with Crippen LogP contribution in [0, 0.1) is 6.92 Å². The lowest BCUT2D eigenvalue weighted by Gasteiger charge is -2.22. The van der Waals surface area contributed by atoms with E-state index in [9.17, 15) is 0 Å². The van der Waals surface area contributed by atoms with E-state index in [1.807, 2.05) is 18.4 Å². The van der Waals surface area contributed by atoms with Crippen LogP contribution in [0.5, 0.6) is 0 Å². The summed E-state index contributed by atoms with van der Waals surface area (Å²) in [5, 5.41) is 3.20. The van der Waals surface area contributed by atoms with Crippen LogP contribution in [0.25, 0.3) is 0 Å². The molecule has 2 rings (SSSR count). The average Bonchev–Trinajstić information content (AvgIpc) is 2.85. The van der Waals surface area contributed by atoms with E-state index in [1.54, 1.807) is 0 Å². The third-order valence-electron chi connectivity index (χ3n) is 3.20. The Morgan fingerprint density at radius 2 is 1.74 bits per heavy atom. The Morgan fingerprint density at radius 3 is 2.37 bits per heavy atom. The maximum atomic E-state index is 3.20. The molecule has 2 aromatic rings. The normalized spacial score (nSPS) is 10.7. The molecule has 3 heteroatoms. The number of hydrogen-bond acceptors (Lipinski definition) is 3. The third-order valence-corrected chi connectivity index (χ3v) is 4.27. The zero-order chi connectivity index (χ0) is 13.7. The van der Waals surface area contributed by atoms with Gasteiger partial charge in [0.2, 0.25) is 0 Å². The lowest BCUT2D eigenvalue weighted by Crippen LogP contribution is -2.21. The van der Waals surface area contributed by atoms with Gasteiger partial charge in [-0.25, -0.2) is 0 Å². The third kappa shape index (κ3) is 3.82. The highest BCUT2D eigenvalue weighted by Gasteiger charge is 2.07. The Kier molecular flexibility index (Phi) is 5.00. The molecule has 0 saturated carbocycles. The number of nitrogens with one attached hydrogen (secondary N) is 1. The van der Waals surface area contributed by atoms with Crippen LogP contribution >= 0.6 is 11.3 Å². The quantitative estimate of drug-likeness (QED) is 0.862. The summed E-state index contributed by atoms with van der Waals surface area (Å²) in [5.41, 5.74) is 2.61. The first-order valence-corrected chi connectivity index (χ1v) is 7.58. The molecule has 1 aromatic carbocycles. The van der Waals surface area contributed by atoms with E-state index in [4.69, 9.17) is 0 Å². The van der Waals surface area contributed by atoms with Gasteiger partial charge in [0.25, 0.3) is 0 Å². The van der Waals surface area contributed by atoms with Crippen molar-refractivity contribution in [1.82, 2.24) is 5.32 Å². The molecule has 1 aromatic heterocycles. The Hall–Kier alpha value is -1.32. The van der Waals surface area contributed by atoms with Gasteiger partial charge in [0.05, 0.1) is 6.54 Å². The molecule has 0 atom stereocenters. The minimum absolute atomic E-state index is 0.960. The molecule has 0 amide bonds. The smallest absolute Gasteiger partial charge is 0.0522 e. The maximum Gasteiger partial charge on any atom is 0.0522 e. The molecule has 2 nitrogen and oxygen atoms in total. The fourth-order valence-corrected chi connectivity index (χ4v) is 3.15. The number of aryl methyl sites for hydroxylation is 1. The van der Waals surface area contributed by atoms with E-state index < -0.39 is 0 Å². The standard InChI is InChI=1S/C16H22N2S/c1-4-18(14-7-5-13(2)6-8-14)12-16-10-9-15(19-16)11-17-3/h5-10,17H,4,11-12H2,1-3H3. The van der Waals surface area contributed by atoms with Crippen LogP contribution in [-0.2, 0) is 13.1 Å². The zero-order valence-electron chi connectivity index (χ0n) is 11.9. The van der Waals surface area contributed by atoms with Crippen molar-refractivity contribution in [3.63, 3.8) is 0 Å². The second-order valence-electron chi connectivity index (χ2n) is 4.75. The number of thiophene rings is 1. The van der Waals surface area contributed by atoms with Gasteiger partial charge in [-0.3, -0.25) is 0 Å². The SMILES string of the molecule is CCN(Cc1ccc(CNC)s1)c1ccc(C)cc1. The van der Waals surface area contributed by atoms with Gasteiger partial charge in [0.15, 0.2) is 0 Å². The highest BCUT2D eigenvalue weighted by molar-refractivity contribution is 7.12. The largest absolute Gasteiger partial charge is 0.367 e. The maximum absolute atomic E-state index is 3.20. The van der Waals surface area contributed by atoms with E-state index >= 15 is 0 Å². The summed E-state index contributed by atoms with van der Waals surface area (Å²) in [6, 6.07) is 13.2. The predicted octanol–water partition coefficient (Wildman–Crippen LogP) is 3.80. The van der Waals surface area contributed by atoms with Crippen molar-refractivity contribution in [3.8, 4) is 0 Å². The fraction of sp³-hybridized carbons (Fsp3) is 0.375. The molecule has 1 heterocycles. The molecule has 102 valence electrons. The Balaban J connectivity index is 2.07. The number of anilines is 1. The minimum atomic E-state index is 0.960. The van der Waals surface area contributed by atoms with E-state index in [-0.39, 0.29) is 0 Å². The highest BCUT2D eigenvalue weighted by atomic mass is 32.1. The Morgan fingerprint density at radius 1 is 1.05 bits per heavy atom. The molecule has 0 unspecified atom stereocenters. The van der Waals surface area contributed by atoms with E-state index in [0.717, 1.165) is 19.6 Å². The van der Waals surface area contributed by atoms with Crippen molar-refractivity contribution < 1.29 is 0 Å². The molecule has 0 bridgehead atoms. The Bertz CT molecular complexity index is 502. The summed E-state index contributed by atoms with van der Waals surface area (Å²) >= 11 is 1.89. The number of rotatable bonds is 6. The zero-order valence-corrected chi connectivity index (χ0v) is 12.8. The molecule has 1 N–H and O–H groups in total. The van der Waals surface area contributed by atoms with Gasteiger partial charge in [-0.1, -0.05) is 17.7 Å². The molecule has 0 fully saturated rings. The second-order valence-corrected chi connectivity index (χ2v) is 6.00. The van der Waals surface area contributed by atoms with Crippen molar-refractivity contribution in [2.75, 3.05) is 18.5 Å². The summed E-state index contributed by atoms with van der Waals surface area (Å²) in [4.78, 5) is 5.24. The summed E-state index contributed by atoms with van der Waals surface area (Å²) in [6.45, 7) is 7.32. The Labute approximate surface area is 120 Å². The van der Waals surface area contributed by atoms with Crippen molar-refractivity contribution >= 4 is 17.0 Å². The highest BCUT2D eigenvalue weighted by Crippen LogP contribution is 2.22. The van der Waals surface area contributed by atoms with Crippen LogP contribution in [0.4, 0.5) is 5.69 Å². The molecule has 0 spiro atoms. The summed E-state index contributed by atoms with van der Waals surface area (Å²) < 4.78 is 0. The topological polar surface area (TPSA) is 15.3 Å². The first kappa shape index (κ1) is 14.1. The number of benzene rings is 1. The van der Waals surface area contributed by atoms with Crippen molar-refractivity contribution in [2.24, 2.45) is 0 Å². The molecule has 0 aliphatic carbocycles. The number of hydrogen-bond donors (Lipinski definition) is 1. The second kappa shape index (κ2) is 6.73. The summed E-state index contributed by atoms with van der Waals surface area (Å²) in [7, 11) is 1.99. The molecule has 0 aliphatic heterocycles. The van der Waals surface area contributed by atoms with Crippen LogP contribution < -0.4 is 10.2 Å². The van der Waals surface area contributed by atoms with Crippen molar-refractivity contribution in [1.29, 1.82) is 0 Å². The van der Waals surface area contributed by atoms with Crippen molar-refractivity contribution in [3.05, 3.63) is 51.7 Å². The van der Waals surface area contributed by atoms with E-state index in [1.165, 1.54) is 21.0 Å². The van der Waals surface area contributed by atoms with Crippen LogP contribution in [0.15, 0.2) is 36.4 Å².